The summed E-state index contributed by atoms with van der Waals surface area (Å²) in [5, 5.41) is 0.522. The molecule has 0 aliphatic heterocycles. The van der Waals surface area contributed by atoms with Crippen molar-refractivity contribution < 1.29 is 4.79 Å². The van der Waals surface area contributed by atoms with Gasteiger partial charge >= 0.3 is 0 Å². The number of hydrogen-bond acceptors (Lipinski definition) is 3. The van der Waals surface area contributed by atoms with E-state index in [2.05, 4.69) is 0 Å². The molecule has 31 heavy (non-hydrogen) atoms. The van der Waals surface area contributed by atoms with E-state index in [1.165, 1.54) is 0 Å². The molecule has 1 aromatic heterocycles. The molecule has 148 valence electrons. The summed E-state index contributed by atoms with van der Waals surface area (Å²) in [7, 11) is 0. The molecule has 3 nitrogen and oxygen atoms in total. The summed E-state index contributed by atoms with van der Waals surface area (Å²) in [6.07, 6.45) is 0.823. The Kier molecular flexibility index (Phi) is 5.03. The fraction of sp³-hybridized carbons (Fsp3) is 0. The Bertz CT molecular complexity index is 1400. The number of nitrogens with zero attached hydrogens (tertiary/aromatic N) is 2. The number of rotatable bonds is 4. The largest absolute Gasteiger partial charge is 0.298 e. The number of hydrogen-bond donors (Lipinski definition) is 0. The van der Waals surface area contributed by atoms with Crippen LogP contribution in [0, 0.1) is 0 Å². The molecule has 0 spiro atoms. The van der Waals surface area contributed by atoms with Gasteiger partial charge in [0, 0.05) is 27.3 Å². The van der Waals surface area contributed by atoms with Crippen molar-refractivity contribution in [1.82, 2.24) is 9.97 Å². The van der Waals surface area contributed by atoms with Crippen molar-refractivity contribution in [3.63, 3.8) is 0 Å². The topological polar surface area (TPSA) is 42.9 Å². The molecule has 4 heteroatoms. The summed E-state index contributed by atoms with van der Waals surface area (Å²) in [5.74, 6) is 0. The molecular formula is C27H17ClN2O. The summed E-state index contributed by atoms with van der Waals surface area (Å²) in [6, 6.07) is 31.2. The molecule has 0 N–H and O–H groups in total. The van der Waals surface area contributed by atoms with Gasteiger partial charge in [0.25, 0.3) is 0 Å². The van der Waals surface area contributed by atoms with Crippen LogP contribution in [0.5, 0.6) is 0 Å². The van der Waals surface area contributed by atoms with Crippen molar-refractivity contribution >= 4 is 28.9 Å². The first-order valence-electron chi connectivity index (χ1n) is 9.91. The maximum atomic E-state index is 11.7. The Labute approximate surface area is 185 Å². The molecule has 4 aromatic carbocycles. The molecule has 0 radical (unpaired) electrons. The molecule has 0 fully saturated rings. The van der Waals surface area contributed by atoms with E-state index in [0.29, 0.717) is 10.6 Å². The number of carbonyl (C=O) groups excluding carboxylic acids is 1. The second-order valence-electron chi connectivity index (χ2n) is 7.18. The van der Waals surface area contributed by atoms with Crippen LogP contribution >= 0.6 is 11.6 Å². The highest BCUT2D eigenvalue weighted by Gasteiger charge is 2.16. The first-order chi connectivity index (χ1) is 15.2. The third-order valence-electron chi connectivity index (χ3n) is 5.22. The van der Waals surface area contributed by atoms with Gasteiger partial charge in [-0.25, -0.2) is 9.97 Å². The average molecular weight is 421 g/mol. The summed E-state index contributed by atoms with van der Waals surface area (Å²) in [5.41, 5.74) is 7.27. The van der Waals surface area contributed by atoms with Crippen LogP contribution in [0.1, 0.15) is 10.4 Å². The van der Waals surface area contributed by atoms with Crippen LogP contribution in [0.4, 0.5) is 0 Å². The van der Waals surface area contributed by atoms with E-state index < -0.39 is 0 Å². The number of fused-ring (bicyclic) bond motifs is 1. The van der Waals surface area contributed by atoms with Gasteiger partial charge in [0.1, 0.15) is 0 Å². The molecule has 1 heterocycles. The van der Waals surface area contributed by atoms with E-state index in [-0.39, 0.29) is 0 Å². The normalized spacial score (nSPS) is 10.9. The van der Waals surface area contributed by atoms with Crippen LogP contribution in [0.2, 0.25) is 5.02 Å². The molecule has 0 amide bonds. The lowest BCUT2D eigenvalue weighted by Crippen LogP contribution is -1.98. The van der Waals surface area contributed by atoms with Gasteiger partial charge in [-0.1, -0.05) is 90.5 Å². The van der Waals surface area contributed by atoms with Gasteiger partial charge in [0.2, 0.25) is 0 Å². The van der Waals surface area contributed by atoms with E-state index in [1.807, 2.05) is 84.9 Å². The minimum absolute atomic E-state index is 0.522. The first kappa shape index (κ1) is 19.2. The lowest BCUT2D eigenvalue weighted by molar-refractivity contribution is 0.112. The van der Waals surface area contributed by atoms with Crippen molar-refractivity contribution in [2.75, 3.05) is 0 Å². The Hall–Kier alpha value is -3.82. The number of carbonyl (C=O) groups is 1. The Balaban J connectivity index is 1.84. The van der Waals surface area contributed by atoms with Gasteiger partial charge in [-0.3, -0.25) is 4.79 Å². The quantitative estimate of drug-likeness (QED) is 0.291. The summed E-state index contributed by atoms with van der Waals surface area (Å²) in [6.45, 7) is 0. The van der Waals surface area contributed by atoms with E-state index in [4.69, 9.17) is 21.6 Å². The maximum absolute atomic E-state index is 11.7. The summed E-state index contributed by atoms with van der Waals surface area (Å²) in [4.78, 5) is 21.8. The minimum atomic E-state index is 0.522. The van der Waals surface area contributed by atoms with E-state index in [1.54, 1.807) is 12.1 Å². The van der Waals surface area contributed by atoms with Crippen LogP contribution in [0.3, 0.4) is 0 Å². The number of benzene rings is 4. The van der Waals surface area contributed by atoms with Crippen molar-refractivity contribution in [2.45, 2.75) is 0 Å². The molecule has 0 unspecified atom stereocenters. The first-order valence-corrected chi connectivity index (χ1v) is 10.3. The van der Waals surface area contributed by atoms with Crippen LogP contribution in [0.15, 0.2) is 97.1 Å². The van der Waals surface area contributed by atoms with Crippen LogP contribution in [-0.4, -0.2) is 16.3 Å². The number of halogens is 1. The van der Waals surface area contributed by atoms with Gasteiger partial charge in [-0.05, 0) is 23.8 Å². The highest BCUT2D eigenvalue weighted by Crippen LogP contribution is 2.35. The molecule has 0 aliphatic carbocycles. The molecule has 0 saturated carbocycles. The second kappa shape index (κ2) is 8.13. The van der Waals surface area contributed by atoms with Crippen LogP contribution in [-0.2, 0) is 0 Å². The molecule has 0 atom stereocenters. The van der Waals surface area contributed by atoms with Crippen molar-refractivity contribution in [3.8, 4) is 33.6 Å². The smallest absolute Gasteiger partial charge is 0.150 e. The van der Waals surface area contributed by atoms with Gasteiger partial charge in [0.15, 0.2) is 6.29 Å². The SMILES string of the molecule is O=Cc1cc(Cl)ccc1-c1cccc2nc(-c3ccccc3)c(-c3ccccc3)nc12. The summed E-state index contributed by atoms with van der Waals surface area (Å²) >= 11 is 6.11. The van der Waals surface area contributed by atoms with E-state index in [0.717, 1.165) is 51.0 Å². The predicted molar refractivity (Wildman–Crippen MR) is 126 cm³/mol. The highest BCUT2D eigenvalue weighted by atomic mass is 35.5. The molecule has 0 saturated heterocycles. The molecule has 5 rings (SSSR count). The zero-order chi connectivity index (χ0) is 21.2. The van der Waals surface area contributed by atoms with Crippen molar-refractivity contribution in [3.05, 3.63) is 108 Å². The van der Waals surface area contributed by atoms with Crippen molar-refractivity contribution in [2.24, 2.45) is 0 Å². The number of aldehydes is 1. The fourth-order valence-corrected chi connectivity index (χ4v) is 3.95. The monoisotopic (exact) mass is 420 g/mol. The Morgan fingerprint density at radius 1 is 0.645 bits per heavy atom. The summed E-state index contributed by atoms with van der Waals surface area (Å²) < 4.78 is 0. The molecule has 0 bridgehead atoms. The standard InChI is InChI=1S/C27H17ClN2O/c28-21-14-15-22(20(16-21)17-31)23-12-7-13-24-27(23)30-26(19-10-5-2-6-11-19)25(29-24)18-8-3-1-4-9-18/h1-17H. The highest BCUT2D eigenvalue weighted by molar-refractivity contribution is 6.31. The number of para-hydroxylation sites is 1. The third-order valence-corrected chi connectivity index (χ3v) is 5.46. The average Bonchev–Trinajstić information content (AvgIpc) is 2.84. The predicted octanol–water partition coefficient (Wildman–Crippen LogP) is 7.10. The Morgan fingerprint density at radius 2 is 1.29 bits per heavy atom. The van der Waals surface area contributed by atoms with Crippen LogP contribution < -0.4 is 0 Å². The maximum Gasteiger partial charge on any atom is 0.150 e. The van der Waals surface area contributed by atoms with E-state index in [9.17, 15) is 4.79 Å². The van der Waals surface area contributed by atoms with Gasteiger partial charge in [0.05, 0.1) is 22.4 Å². The fourth-order valence-electron chi connectivity index (χ4n) is 3.77. The number of aromatic nitrogens is 2. The lowest BCUT2D eigenvalue weighted by atomic mass is 9.97. The molecule has 5 aromatic rings. The lowest BCUT2D eigenvalue weighted by Gasteiger charge is -2.14. The molecule has 0 aliphatic rings. The van der Waals surface area contributed by atoms with Crippen LogP contribution in [0.25, 0.3) is 44.7 Å². The Morgan fingerprint density at radius 3 is 1.94 bits per heavy atom. The van der Waals surface area contributed by atoms with Gasteiger partial charge in [-0.15, -0.1) is 0 Å². The third kappa shape index (κ3) is 3.60. The zero-order valence-corrected chi connectivity index (χ0v) is 17.3. The van der Waals surface area contributed by atoms with Gasteiger partial charge in [-0.2, -0.15) is 0 Å². The molecular weight excluding hydrogens is 404 g/mol. The van der Waals surface area contributed by atoms with Gasteiger partial charge < -0.3 is 0 Å². The second-order valence-corrected chi connectivity index (χ2v) is 7.61. The minimum Gasteiger partial charge on any atom is -0.298 e. The van der Waals surface area contributed by atoms with E-state index >= 15 is 0 Å². The van der Waals surface area contributed by atoms with Crippen molar-refractivity contribution in [1.29, 1.82) is 0 Å². The zero-order valence-electron chi connectivity index (χ0n) is 16.5.